The Morgan fingerprint density at radius 2 is 1.67 bits per heavy atom. The van der Waals surface area contributed by atoms with Crippen molar-refractivity contribution >= 4 is 18.6 Å². The van der Waals surface area contributed by atoms with E-state index in [1.54, 1.807) is 6.55 Å². The summed E-state index contributed by atoms with van der Waals surface area (Å²) in [4.78, 5) is 17.0. The molecule has 9 heavy (non-hydrogen) atoms. The molecule has 0 saturated carbocycles. The topological polar surface area (TPSA) is 49.7 Å². The zero-order valence-corrected chi connectivity index (χ0v) is 13.1. The van der Waals surface area contributed by atoms with Crippen LogP contribution in [0.15, 0.2) is 0 Å². The summed E-state index contributed by atoms with van der Waals surface area (Å²) in [7, 11) is -2.97. The summed E-state index contributed by atoms with van der Waals surface area (Å²) in [5.41, 5.74) is 0. The second-order valence-electron chi connectivity index (χ2n) is 1.24. The maximum absolute atomic E-state index is 8.50. The van der Waals surface area contributed by atoms with Crippen molar-refractivity contribution in [2.75, 3.05) is 0 Å². The Balaban J connectivity index is -0.000000180. The van der Waals surface area contributed by atoms with Gasteiger partial charge in [-0.25, -0.2) is 0 Å². The second kappa shape index (κ2) is 8.62. The van der Waals surface area contributed by atoms with Crippen molar-refractivity contribution in [3.8, 4) is 0 Å². The van der Waals surface area contributed by atoms with Crippen LogP contribution < -0.4 is 0 Å². The molecule has 7 heteroatoms. The third kappa shape index (κ3) is 18.0. The van der Waals surface area contributed by atoms with Crippen LogP contribution in [0.2, 0.25) is 13.1 Å². The van der Waals surface area contributed by atoms with Crippen LogP contribution in [0.1, 0.15) is 0 Å². The minimum absolute atomic E-state index is 0. The van der Waals surface area contributed by atoms with Crippen molar-refractivity contribution in [3.63, 3.8) is 0 Å². The fraction of sp³-hybridized carbons (Fsp3) is 1.00. The van der Waals surface area contributed by atoms with Crippen LogP contribution in [0.4, 0.5) is 0 Å². The van der Waals surface area contributed by atoms with Gasteiger partial charge in [0.25, 0.3) is 0 Å². The monoisotopic (exact) mass is 314 g/mol. The fourth-order valence-corrected chi connectivity index (χ4v) is 1.74. The molecule has 0 aliphatic carbocycles. The summed E-state index contributed by atoms with van der Waals surface area (Å²) in [6.45, 7) is 3.06. The summed E-state index contributed by atoms with van der Waals surface area (Å²) in [5, 5.41) is 0. The maximum atomic E-state index is 8.50. The van der Waals surface area contributed by atoms with E-state index < -0.39 is 8.80 Å². The number of hydrogen-bond donors (Lipinski definition) is 2. The molecule has 0 amide bonds. The molecule has 0 aliphatic heterocycles. The van der Waals surface area contributed by atoms with Crippen molar-refractivity contribution in [1.29, 1.82) is 0 Å². The molecule has 0 heterocycles. The van der Waals surface area contributed by atoms with Crippen LogP contribution in [0, 0.1) is 0 Å². The van der Waals surface area contributed by atoms with Crippen LogP contribution >= 0.6 is 0 Å². The molecule has 0 saturated heterocycles. The quantitative estimate of drug-likeness (QED) is 0.658. The molecule has 48 valence electrons. The first kappa shape index (κ1) is 17.6. The SMILES string of the molecule is C[Si]O[Si](C)(O)O.[Y].[Y]. The van der Waals surface area contributed by atoms with Crippen molar-refractivity contribution in [2.24, 2.45) is 0 Å². The van der Waals surface area contributed by atoms with E-state index in [0.29, 0.717) is 0 Å². The average Bonchev–Trinajstić information content (AvgIpc) is 1.30. The van der Waals surface area contributed by atoms with Gasteiger partial charge in [-0.15, -0.1) is 0 Å². The Labute approximate surface area is 109 Å². The molecule has 0 aromatic carbocycles. The third-order valence-electron chi connectivity index (χ3n) is 0.295. The van der Waals surface area contributed by atoms with Crippen LogP contribution in [0.3, 0.4) is 0 Å². The van der Waals surface area contributed by atoms with Crippen molar-refractivity contribution in [2.45, 2.75) is 13.1 Å². The van der Waals surface area contributed by atoms with Gasteiger partial charge in [0.05, 0.1) is 0 Å². The molecule has 0 fully saturated rings. The van der Waals surface area contributed by atoms with Crippen molar-refractivity contribution < 1.29 is 79.1 Å². The normalized spacial score (nSPS) is 9.33. The Morgan fingerprint density at radius 3 is 1.67 bits per heavy atom. The standard InChI is InChI=1S/C2H8O3Si2.2Y/c1-6-5-7(2,3)4;;/h3-4H,1-2H3;;. The molecule has 0 atom stereocenters. The first-order chi connectivity index (χ1) is 3.06. The van der Waals surface area contributed by atoms with Crippen LogP contribution in [-0.4, -0.2) is 28.2 Å². The van der Waals surface area contributed by atoms with Gasteiger partial charge >= 0.3 is 8.80 Å². The average molecular weight is 314 g/mol. The van der Waals surface area contributed by atoms with Crippen LogP contribution in [0.25, 0.3) is 0 Å². The minimum Gasteiger partial charge on any atom is -0.416 e. The van der Waals surface area contributed by atoms with Gasteiger partial charge in [-0.2, -0.15) is 0 Å². The fourth-order valence-electron chi connectivity index (χ4n) is 0.193. The zero-order chi connectivity index (χ0) is 5.91. The van der Waals surface area contributed by atoms with E-state index in [4.69, 9.17) is 9.59 Å². The first-order valence-corrected chi connectivity index (χ1v) is 5.57. The Bertz CT molecular complexity index is 56.3. The summed E-state index contributed by atoms with van der Waals surface area (Å²) >= 11 is 0. The Kier molecular flexibility index (Phi) is 16.8. The summed E-state index contributed by atoms with van der Waals surface area (Å²) in [6.07, 6.45) is 0. The molecule has 0 aliphatic rings. The zero-order valence-electron chi connectivity index (χ0n) is 5.46. The van der Waals surface area contributed by atoms with Gasteiger partial charge in [-0.05, 0) is 6.55 Å². The molecule has 0 rings (SSSR count). The third-order valence-corrected chi connectivity index (χ3v) is 2.66. The Hall–Kier alpha value is 2.52. The van der Waals surface area contributed by atoms with E-state index in [2.05, 4.69) is 4.12 Å². The predicted molar refractivity (Wildman–Crippen MR) is 28.8 cm³/mol. The summed E-state index contributed by atoms with van der Waals surface area (Å²) in [5.74, 6) is 0. The number of hydrogen-bond acceptors (Lipinski definition) is 3. The van der Waals surface area contributed by atoms with Gasteiger partial charge in [0, 0.05) is 72.0 Å². The molecule has 3 nitrogen and oxygen atoms in total. The van der Waals surface area contributed by atoms with Crippen LogP contribution in [0.5, 0.6) is 0 Å². The molecule has 2 N–H and O–H groups in total. The Morgan fingerprint density at radius 1 is 1.33 bits per heavy atom. The number of rotatable bonds is 2. The van der Waals surface area contributed by atoms with Gasteiger partial charge in [0.15, 0.2) is 0 Å². The molecular weight excluding hydrogens is 306 g/mol. The minimum atomic E-state index is -3.14. The first-order valence-electron chi connectivity index (χ1n) is 1.86. The van der Waals surface area contributed by atoms with E-state index in [9.17, 15) is 0 Å². The second-order valence-corrected chi connectivity index (χ2v) is 4.33. The van der Waals surface area contributed by atoms with E-state index in [1.807, 2.05) is 0 Å². The van der Waals surface area contributed by atoms with E-state index in [0.717, 1.165) is 0 Å². The van der Waals surface area contributed by atoms with E-state index in [1.165, 1.54) is 6.55 Å². The summed E-state index contributed by atoms with van der Waals surface area (Å²) in [6, 6.07) is 0. The van der Waals surface area contributed by atoms with Gasteiger partial charge < -0.3 is 13.7 Å². The van der Waals surface area contributed by atoms with Gasteiger partial charge in [-0.1, -0.05) is 0 Å². The van der Waals surface area contributed by atoms with Crippen LogP contribution in [-0.2, 0) is 69.5 Å². The molecule has 0 aromatic rings. The van der Waals surface area contributed by atoms with Gasteiger partial charge in [-0.3, -0.25) is 0 Å². The largest absolute Gasteiger partial charge is 0.481 e. The molecule has 0 bridgehead atoms. The van der Waals surface area contributed by atoms with E-state index in [-0.39, 0.29) is 75.2 Å². The summed E-state index contributed by atoms with van der Waals surface area (Å²) < 4.78 is 4.51. The molecule has 0 unspecified atom stereocenters. The van der Waals surface area contributed by atoms with Crippen molar-refractivity contribution in [3.05, 3.63) is 0 Å². The van der Waals surface area contributed by atoms with E-state index >= 15 is 0 Å². The van der Waals surface area contributed by atoms with Gasteiger partial charge in [0.2, 0.25) is 9.76 Å². The van der Waals surface area contributed by atoms with Gasteiger partial charge in [0.1, 0.15) is 0 Å². The smallest absolute Gasteiger partial charge is 0.416 e. The molecule has 0 spiro atoms. The maximum Gasteiger partial charge on any atom is 0.481 e. The molecular formula is C2H8O3Si2Y2. The molecule has 0 aromatic heterocycles. The molecule has 4 radical (unpaired) electrons. The van der Waals surface area contributed by atoms with Crippen molar-refractivity contribution in [1.82, 2.24) is 0 Å². The predicted octanol–water partition coefficient (Wildman–Crippen LogP) is -0.781.